The highest BCUT2D eigenvalue weighted by molar-refractivity contribution is 7.61. The van der Waals surface area contributed by atoms with Crippen LogP contribution in [0.4, 0.5) is 37.7 Å². The molecule has 2 nitrogen and oxygen atoms in total. The summed E-state index contributed by atoms with van der Waals surface area (Å²) in [6.45, 7) is 27.7. The molecule has 0 fully saturated rings. The van der Waals surface area contributed by atoms with Gasteiger partial charge in [-0.3, -0.25) is 0 Å². The molecule has 0 aliphatic carbocycles. The van der Waals surface area contributed by atoms with Gasteiger partial charge in [-0.1, -0.05) is 105 Å². The summed E-state index contributed by atoms with van der Waals surface area (Å²) in [4.78, 5) is 4.67. The second kappa shape index (κ2) is 11.7. The molecule has 0 spiro atoms. The van der Waals surface area contributed by atoms with Crippen LogP contribution in [0, 0.1) is 0 Å². The predicted octanol–water partition coefficient (Wildman–Crippen LogP) is 12.0. The lowest BCUT2D eigenvalue weighted by atomic mass is 9.98. The van der Waals surface area contributed by atoms with Crippen LogP contribution in [0.5, 0.6) is 0 Å². The van der Waals surface area contributed by atoms with Crippen LogP contribution in [0.3, 0.4) is 0 Å². The van der Waals surface area contributed by atoms with Crippen molar-refractivity contribution in [3.63, 3.8) is 0 Å². The molecule has 1 aliphatic heterocycles. The molecular formula is C33H48F6N2P2. The fourth-order valence-electron chi connectivity index (χ4n) is 6.15. The molecule has 1 aliphatic rings. The highest BCUT2D eigenvalue weighted by Crippen LogP contribution is 2.63. The number of halogens is 6. The molecule has 0 aromatic heterocycles. The Morgan fingerprint density at radius 3 is 1.23 bits per heavy atom. The first-order valence-electron chi connectivity index (χ1n) is 14.6. The van der Waals surface area contributed by atoms with Crippen molar-refractivity contribution in [2.75, 3.05) is 29.0 Å². The number of rotatable bonds is 5. The molecule has 1 heterocycles. The van der Waals surface area contributed by atoms with E-state index >= 15 is 0 Å². The van der Waals surface area contributed by atoms with Crippen LogP contribution in [-0.2, 0) is 12.4 Å². The Kier molecular flexibility index (Phi) is 9.77. The van der Waals surface area contributed by atoms with Gasteiger partial charge in [-0.05, 0) is 62.1 Å². The predicted molar refractivity (Wildman–Crippen MR) is 174 cm³/mol. The molecule has 3 rings (SSSR count). The van der Waals surface area contributed by atoms with Crippen LogP contribution >= 0.6 is 15.8 Å². The van der Waals surface area contributed by atoms with Gasteiger partial charge in [0.05, 0.1) is 29.2 Å². The summed E-state index contributed by atoms with van der Waals surface area (Å²) in [6.07, 6.45) is -8.19. The molecular weight excluding hydrogens is 600 g/mol. The molecule has 2 aromatic rings. The van der Waals surface area contributed by atoms with Crippen LogP contribution in [0.2, 0.25) is 0 Å². The van der Waals surface area contributed by atoms with Gasteiger partial charge in [0, 0.05) is 12.6 Å². The van der Waals surface area contributed by atoms with E-state index in [4.69, 9.17) is 0 Å². The highest BCUT2D eigenvalue weighted by Gasteiger charge is 2.41. The van der Waals surface area contributed by atoms with Crippen molar-refractivity contribution in [3.8, 4) is 11.1 Å². The van der Waals surface area contributed by atoms with Gasteiger partial charge in [0.1, 0.15) is 0 Å². The van der Waals surface area contributed by atoms with Gasteiger partial charge in [0.15, 0.2) is 0 Å². The van der Waals surface area contributed by atoms with E-state index in [9.17, 15) is 26.3 Å². The lowest BCUT2D eigenvalue weighted by molar-refractivity contribution is -0.143. The Hall–Kier alpha value is -1.52. The number of alkyl halides is 6. The molecule has 0 saturated carbocycles. The highest BCUT2D eigenvalue weighted by atomic mass is 31.1. The zero-order chi connectivity index (χ0) is 33.1. The summed E-state index contributed by atoms with van der Waals surface area (Å²) < 4.78 is 82.1. The molecule has 0 saturated heterocycles. The second-order valence-corrected chi connectivity index (χ2v) is 23.2. The number of hydrogen-bond acceptors (Lipinski definition) is 2. The van der Waals surface area contributed by atoms with Gasteiger partial charge in [-0.15, -0.1) is 0 Å². The van der Waals surface area contributed by atoms with Crippen LogP contribution in [0.15, 0.2) is 36.4 Å². The minimum Gasteiger partial charge on any atom is -0.348 e. The number of fused-ring (bicyclic) bond motifs is 1. The SMILES string of the molecule is CC(C)(C)P(CN1CN(CP(C(C)(C)C)C(C)(C)C)c2cc(-c3cc(C(F)(F)F)cc(C(F)(F)F)c3)ccc21)C(C)(C)C. The Morgan fingerprint density at radius 2 is 0.884 bits per heavy atom. The summed E-state index contributed by atoms with van der Waals surface area (Å²) in [5, 5.41) is 0.225. The zero-order valence-electron chi connectivity index (χ0n) is 27.6. The van der Waals surface area contributed by atoms with Gasteiger partial charge < -0.3 is 9.80 Å². The fraction of sp³-hybridized carbons (Fsp3) is 0.636. The summed E-state index contributed by atoms with van der Waals surface area (Å²) in [7, 11) is -1.06. The van der Waals surface area contributed by atoms with Crippen molar-refractivity contribution in [2.24, 2.45) is 0 Å². The minimum absolute atomic E-state index is 0.0326. The van der Waals surface area contributed by atoms with Crippen LogP contribution in [0.1, 0.15) is 94.2 Å². The first-order valence-corrected chi connectivity index (χ1v) is 17.6. The van der Waals surface area contributed by atoms with Crippen LogP contribution < -0.4 is 9.80 Å². The van der Waals surface area contributed by atoms with Crippen LogP contribution in [-0.4, -0.2) is 39.9 Å². The van der Waals surface area contributed by atoms with Gasteiger partial charge in [-0.2, -0.15) is 26.3 Å². The van der Waals surface area contributed by atoms with E-state index in [0.717, 1.165) is 36.1 Å². The number of hydrogen-bond donors (Lipinski definition) is 0. The monoisotopic (exact) mass is 648 g/mol. The van der Waals surface area contributed by atoms with Gasteiger partial charge >= 0.3 is 12.4 Å². The zero-order valence-corrected chi connectivity index (χ0v) is 29.4. The first-order chi connectivity index (χ1) is 19.1. The maximum Gasteiger partial charge on any atom is 0.416 e. The van der Waals surface area contributed by atoms with E-state index in [-0.39, 0.29) is 32.3 Å². The molecule has 2 aromatic carbocycles. The Bertz CT molecular complexity index is 1230. The van der Waals surface area contributed by atoms with E-state index < -0.39 is 39.3 Å². The first kappa shape index (κ1) is 36.0. The summed E-state index contributed by atoms with van der Waals surface area (Å²) in [6, 6.07) is 7.17. The van der Waals surface area contributed by atoms with Gasteiger partial charge in [0.2, 0.25) is 0 Å². The average molecular weight is 649 g/mol. The lowest BCUT2D eigenvalue weighted by Crippen LogP contribution is -2.38. The van der Waals surface area contributed by atoms with Crippen molar-refractivity contribution < 1.29 is 26.3 Å². The van der Waals surface area contributed by atoms with Gasteiger partial charge in [0.25, 0.3) is 0 Å². The van der Waals surface area contributed by atoms with Crippen molar-refractivity contribution in [3.05, 3.63) is 47.5 Å². The number of nitrogens with zero attached hydrogens (tertiary/aromatic N) is 2. The Morgan fingerprint density at radius 1 is 0.512 bits per heavy atom. The third-order valence-electron chi connectivity index (χ3n) is 7.78. The van der Waals surface area contributed by atoms with Crippen molar-refractivity contribution >= 4 is 27.2 Å². The molecule has 0 N–H and O–H groups in total. The molecule has 0 bridgehead atoms. The quantitative estimate of drug-likeness (QED) is 0.235. The number of anilines is 2. The third-order valence-corrected chi connectivity index (χ3v) is 15.5. The van der Waals surface area contributed by atoms with E-state index in [1.165, 1.54) is 0 Å². The molecule has 0 unspecified atom stereocenters. The summed E-state index contributed by atoms with van der Waals surface area (Å²) in [5.41, 5.74) is -0.522. The maximum absolute atomic E-state index is 13.7. The second-order valence-electron chi connectivity index (χ2n) is 15.5. The molecule has 43 heavy (non-hydrogen) atoms. The standard InChI is InChI=1S/C33H48F6N2P2/c1-28(2,3)42(29(4,5)6)20-40-19-41(21-43(30(7,8)9)31(10,11)12)27-17-22(13-14-26(27)40)23-15-24(32(34,35)36)18-25(16-23)33(37,38)39/h13-18H,19-21H2,1-12H3. The summed E-state index contributed by atoms with van der Waals surface area (Å²) in [5.74, 6) is 0. The molecule has 242 valence electrons. The number of benzene rings is 2. The lowest BCUT2D eigenvalue weighted by Gasteiger charge is -2.45. The average Bonchev–Trinajstić information content (AvgIpc) is 3.13. The van der Waals surface area contributed by atoms with Crippen molar-refractivity contribution in [1.82, 2.24) is 0 Å². The summed E-state index contributed by atoms with van der Waals surface area (Å²) >= 11 is 0. The van der Waals surface area contributed by atoms with E-state index in [1.807, 2.05) is 6.07 Å². The smallest absolute Gasteiger partial charge is 0.348 e. The minimum atomic E-state index is -4.90. The van der Waals surface area contributed by atoms with Gasteiger partial charge in [-0.25, -0.2) is 0 Å². The van der Waals surface area contributed by atoms with E-state index in [0.29, 0.717) is 12.2 Å². The van der Waals surface area contributed by atoms with Crippen LogP contribution in [0.25, 0.3) is 11.1 Å². The van der Waals surface area contributed by atoms with E-state index in [1.54, 1.807) is 12.1 Å². The Balaban J connectivity index is 2.20. The fourth-order valence-corrected chi connectivity index (χ4v) is 13.0. The molecule has 0 radical (unpaired) electrons. The topological polar surface area (TPSA) is 6.48 Å². The van der Waals surface area contributed by atoms with Crippen molar-refractivity contribution in [1.29, 1.82) is 0 Å². The molecule has 0 amide bonds. The molecule has 0 atom stereocenters. The largest absolute Gasteiger partial charge is 0.416 e. The maximum atomic E-state index is 13.7. The molecule has 10 heteroatoms. The van der Waals surface area contributed by atoms with Crippen molar-refractivity contribution in [2.45, 2.75) is 116 Å². The third kappa shape index (κ3) is 8.60. The van der Waals surface area contributed by atoms with E-state index in [2.05, 4.69) is 92.9 Å². The Labute approximate surface area is 257 Å². The normalized spacial score (nSPS) is 15.6.